The molecule has 0 N–H and O–H groups in total. The van der Waals surface area contributed by atoms with Crippen LogP contribution in [0.15, 0.2) is 0 Å². The van der Waals surface area contributed by atoms with E-state index in [0.29, 0.717) is 18.4 Å². The molecule has 0 fully saturated rings. The van der Waals surface area contributed by atoms with Gasteiger partial charge in [0.25, 0.3) is 0 Å². The Balaban J connectivity index is 4.22. The first-order valence-electron chi connectivity index (χ1n) is 6.21. The minimum absolute atomic E-state index is 0.283. The van der Waals surface area contributed by atoms with Gasteiger partial charge in [-0.15, -0.1) is 0 Å². The van der Waals surface area contributed by atoms with Gasteiger partial charge in [-0.25, -0.2) is 0 Å². The van der Waals surface area contributed by atoms with Gasteiger partial charge in [0, 0.05) is 32.1 Å². The average Bonchev–Trinajstić information content (AvgIpc) is 2.09. The van der Waals surface area contributed by atoms with Gasteiger partial charge in [-0.2, -0.15) is 0 Å². The standard InChI is InChI=1S/C13H28N2O/c1-11(2)10-15(8-7-14(5)6)12(3)9-13(4)16/h11-12H,7-10H2,1-6H3. The monoisotopic (exact) mass is 228 g/mol. The number of likely N-dealkylation sites (N-methyl/N-ethyl adjacent to an activating group) is 1. The lowest BCUT2D eigenvalue weighted by Crippen LogP contribution is -2.41. The van der Waals surface area contributed by atoms with Gasteiger partial charge in [-0.3, -0.25) is 9.69 Å². The van der Waals surface area contributed by atoms with Gasteiger partial charge >= 0.3 is 0 Å². The van der Waals surface area contributed by atoms with Gasteiger partial charge in [0.05, 0.1) is 0 Å². The van der Waals surface area contributed by atoms with E-state index < -0.39 is 0 Å². The number of carbonyl (C=O) groups is 1. The number of ketones is 1. The smallest absolute Gasteiger partial charge is 0.131 e. The highest BCUT2D eigenvalue weighted by atomic mass is 16.1. The second-order valence-electron chi connectivity index (χ2n) is 5.45. The zero-order valence-corrected chi connectivity index (χ0v) is 11.8. The zero-order chi connectivity index (χ0) is 12.7. The molecule has 0 heterocycles. The Hall–Kier alpha value is -0.410. The Bertz CT molecular complexity index is 202. The predicted molar refractivity (Wildman–Crippen MR) is 69.7 cm³/mol. The van der Waals surface area contributed by atoms with E-state index in [1.807, 2.05) is 0 Å². The number of Topliss-reactive ketones (excluding diaryl/α,β-unsaturated/α-hetero) is 1. The van der Waals surface area contributed by atoms with Gasteiger partial charge < -0.3 is 4.90 Å². The van der Waals surface area contributed by atoms with Crippen LogP contribution in [0.2, 0.25) is 0 Å². The van der Waals surface area contributed by atoms with Crippen LogP contribution in [0.5, 0.6) is 0 Å². The lowest BCUT2D eigenvalue weighted by molar-refractivity contribution is -0.118. The maximum atomic E-state index is 11.1. The van der Waals surface area contributed by atoms with Crippen LogP contribution in [0.1, 0.15) is 34.1 Å². The first kappa shape index (κ1) is 15.6. The number of nitrogens with zero attached hydrogens (tertiary/aromatic N) is 2. The third-order valence-electron chi connectivity index (χ3n) is 2.64. The summed E-state index contributed by atoms with van der Waals surface area (Å²) in [6.07, 6.45) is 0.667. The average molecular weight is 228 g/mol. The van der Waals surface area contributed by atoms with Gasteiger partial charge in [-0.1, -0.05) is 13.8 Å². The van der Waals surface area contributed by atoms with Crippen molar-refractivity contribution in [3.8, 4) is 0 Å². The van der Waals surface area contributed by atoms with Crippen molar-refractivity contribution in [3.05, 3.63) is 0 Å². The number of hydrogen-bond acceptors (Lipinski definition) is 3. The van der Waals surface area contributed by atoms with E-state index in [4.69, 9.17) is 0 Å². The van der Waals surface area contributed by atoms with Crippen LogP contribution in [-0.4, -0.2) is 55.4 Å². The minimum Gasteiger partial charge on any atom is -0.308 e. The van der Waals surface area contributed by atoms with Gasteiger partial charge in [0.2, 0.25) is 0 Å². The molecule has 1 atom stereocenters. The molecule has 0 saturated heterocycles. The highest BCUT2D eigenvalue weighted by Crippen LogP contribution is 2.08. The molecule has 3 heteroatoms. The molecule has 16 heavy (non-hydrogen) atoms. The Morgan fingerprint density at radius 3 is 2.06 bits per heavy atom. The maximum absolute atomic E-state index is 11.1. The van der Waals surface area contributed by atoms with E-state index >= 15 is 0 Å². The third kappa shape index (κ3) is 7.83. The fourth-order valence-corrected chi connectivity index (χ4v) is 1.83. The fraction of sp³-hybridized carbons (Fsp3) is 0.923. The number of rotatable bonds is 8. The van der Waals surface area contributed by atoms with E-state index in [1.165, 1.54) is 0 Å². The lowest BCUT2D eigenvalue weighted by atomic mass is 10.1. The molecule has 0 aliphatic rings. The summed E-state index contributed by atoms with van der Waals surface area (Å²) in [5.74, 6) is 0.933. The highest BCUT2D eigenvalue weighted by Gasteiger charge is 2.16. The van der Waals surface area contributed by atoms with Crippen molar-refractivity contribution in [2.45, 2.75) is 40.2 Å². The molecule has 0 amide bonds. The third-order valence-corrected chi connectivity index (χ3v) is 2.64. The number of hydrogen-bond donors (Lipinski definition) is 0. The molecule has 0 spiro atoms. The van der Waals surface area contributed by atoms with Gasteiger partial charge in [-0.05, 0) is 33.9 Å². The predicted octanol–water partition coefficient (Wildman–Crippen LogP) is 1.87. The van der Waals surface area contributed by atoms with Crippen LogP contribution < -0.4 is 0 Å². The van der Waals surface area contributed by atoms with Crippen molar-refractivity contribution in [1.29, 1.82) is 0 Å². The molecule has 3 nitrogen and oxygen atoms in total. The Labute approximate surface area is 101 Å². The van der Waals surface area contributed by atoms with E-state index in [1.54, 1.807) is 6.92 Å². The Kier molecular flexibility index (Phi) is 7.60. The van der Waals surface area contributed by atoms with Crippen LogP contribution in [0.3, 0.4) is 0 Å². The van der Waals surface area contributed by atoms with Crippen molar-refractivity contribution in [3.63, 3.8) is 0 Å². The first-order valence-corrected chi connectivity index (χ1v) is 6.21. The van der Waals surface area contributed by atoms with Crippen LogP contribution in [0, 0.1) is 5.92 Å². The van der Waals surface area contributed by atoms with Crippen LogP contribution >= 0.6 is 0 Å². The molecule has 0 bridgehead atoms. The van der Waals surface area contributed by atoms with Gasteiger partial charge in [0.15, 0.2) is 0 Å². The largest absolute Gasteiger partial charge is 0.308 e. The second-order valence-corrected chi connectivity index (χ2v) is 5.45. The van der Waals surface area contributed by atoms with Gasteiger partial charge in [0.1, 0.15) is 5.78 Å². The minimum atomic E-state index is 0.283. The second kappa shape index (κ2) is 7.80. The fourth-order valence-electron chi connectivity index (χ4n) is 1.83. The van der Waals surface area contributed by atoms with Crippen LogP contribution in [0.4, 0.5) is 0 Å². The van der Waals surface area contributed by atoms with Crippen molar-refractivity contribution >= 4 is 5.78 Å². The Morgan fingerprint density at radius 2 is 1.69 bits per heavy atom. The summed E-state index contributed by atoms with van der Waals surface area (Å²) in [5, 5.41) is 0. The molecule has 1 unspecified atom stereocenters. The summed E-state index contributed by atoms with van der Waals surface area (Å²) in [6.45, 7) is 11.4. The molecule has 0 aliphatic heterocycles. The molecule has 0 rings (SSSR count). The SMILES string of the molecule is CC(=O)CC(C)N(CCN(C)C)CC(C)C. The molecule has 0 aromatic carbocycles. The first-order chi connectivity index (χ1) is 7.32. The zero-order valence-electron chi connectivity index (χ0n) is 11.8. The topological polar surface area (TPSA) is 23.6 Å². The van der Waals surface area contributed by atoms with E-state index in [9.17, 15) is 4.79 Å². The van der Waals surface area contributed by atoms with Crippen LogP contribution in [-0.2, 0) is 4.79 Å². The summed E-state index contributed by atoms with van der Waals surface area (Å²) >= 11 is 0. The summed E-state index contributed by atoms with van der Waals surface area (Å²) in [7, 11) is 4.17. The molecular formula is C13H28N2O. The molecule has 0 saturated carbocycles. The lowest BCUT2D eigenvalue weighted by Gasteiger charge is -2.31. The van der Waals surface area contributed by atoms with Crippen molar-refractivity contribution < 1.29 is 4.79 Å². The van der Waals surface area contributed by atoms with Crippen molar-refractivity contribution in [1.82, 2.24) is 9.80 Å². The molecule has 0 aromatic heterocycles. The summed E-state index contributed by atoms with van der Waals surface area (Å²) in [6, 6.07) is 0.361. The molecule has 0 aromatic rings. The maximum Gasteiger partial charge on any atom is 0.131 e. The normalized spacial score (nSPS) is 13.8. The molecular weight excluding hydrogens is 200 g/mol. The van der Waals surface area contributed by atoms with E-state index in [-0.39, 0.29) is 5.78 Å². The summed E-state index contributed by atoms with van der Waals surface area (Å²) < 4.78 is 0. The highest BCUT2D eigenvalue weighted by molar-refractivity contribution is 5.76. The van der Waals surface area contributed by atoms with E-state index in [0.717, 1.165) is 19.6 Å². The van der Waals surface area contributed by atoms with Crippen LogP contribution in [0.25, 0.3) is 0 Å². The van der Waals surface area contributed by atoms with Crippen molar-refractivity contribution in [2.24, 2.45) is 5.92 Å². The number of carbonyl (C=O) groups excluding carboxylic acids is 1. The summed E-state index contributed by atoms with van der Waals surface area (Å²) in [5.41, 5.74) is 0. The molecule has 0 aliphatic carbocycles. The quantitative estimate of drug-likeness (QED) is 0.634. The molecule has 0 radical (unpaired) electrons. The summed E-state index contributed by atoms with van der Waals surface area (Å²) in [4.78, 5) is 15.8. The van der Waals surface area contributed by atoms with Crippen molar-refractivity contribution in [2.75, 3.05) is 33.7 Å². The molecule has 96 valence electrons. The Morgan fingerprint density at radius 1 is 1.12 bits per heavy atom. The van der Waals surface area contributed by atoms with E-state index in [2.05, 4.69) is 44.7 Å².